The fourth-order valence-electron chi connectivity index (χ4n) is 2.12. The van der Waals surface area contributed by atoms with E-state index in [-0.39, 0.29) is 0 Å². The molecular weight excluding hydrogens is 220 g/mol. The molecule has 0 aliphatic carbocycles. The Bertz CT molecular complexity index is 495. The standard InChI is InChI=1S/C17H20O/c1-13(2)14-9-11-16(12-10-14)17(3,18)15-7-5-4-6-8-15/h4-13,18H,1-3H3. The van der Waals surface area contributed by atoms with Gasteiger partial charge in [0.15, 0.2) is 0 Å². The zero-order chi connectivity index (χ0) is 13.2. The van der Waals surface area contributed by atoms with E-state index in [1.165, 1.54) is 5.56 Å². The molecule has 0 aliphatic rings. The largest absolute Gasteiger partial charge is 0.381 e. The molecular formula is C17H20O. The Morgan fingerprint density at radius 1 is 0.833 bits per heavy atom. The van der Waals surface area contributed by atoms with Crippen molar-refractivity contribution in [2.75, 3.05) is 0 Å². The highest BCUT2D eigenvalue weighted by molar-refractivity contribution is 5.36. The molecule has 0 saturated heterocycles. The van der Waals surface area contributed by atoms with Gasteiger partial charge in [-0.1, -0.05) is 68.4 Å². The van der Waals surface area contributed by atoms with Gasteiger partial charge < -0.3 is 5.11 Å². The van der Waals surface area contributed by atoms with E-state index in [2.05, 4.69) is 26.0 Å². The fraction of sp³-hybridized carbons (Fsp3) is 0.294. The number of hydrogen-bond acceptors (Lipinski definition) is 1. The minimum Gasteiger partial charge on any atom is -0.381 e. The van der Waals surface area contributed by atoms with Crippen LogP contribution in [0.3, 0.4) is 0 Å². The first-order valence-electron chi connectivity index (χ1n) is 6.40. The number of hydrogen-bond donors (Lipinski definition) is 1. The maximum atomic E-state index is 10.7. The maximum Gasteiger partial charge on any atom is 0.112 e. The fourth-order valence-corrected chi connectivity index (χ4v) is 2.12. The van der Waals surface area contributed by atoms with Gasteiger partial charge in [0.25, 0.3) is 0 Å². The minimum absolute atomic E-state index is 0.515. The summed E-state index contributed by atoms with van der Waals surface area (Å²) < 4.78 is 0. The van der Waals surface area contributed by atoms with E-state index in [4.69, 9.17) is 0 Å². The molecule has 1 N–H and O–H groups in total. The molecule has 0 saturated carbocycles. The highest BCUT2D eigenvalue weighted by Crippen LogP contribution is 2.29. The van der Waals surface area contributed by atoms with Gasteiger partial charge >= 0.3 is 0 Å². The summed E-state index contributed by atoms with van der Waals surface area (Å²) in [6.07, 6.45) is 0. The zero-order valence-electron chi connectivity index (χ0n) is 11.2. The van der Waals surface area contributed by atoms with Crippen LogP contribution in [0.2, 0.25) is 0 Å². The Morgan fingerprint density at radius 2 is 1.33 bits per heavy atom. The van der Waals surface area contributed by atoms with Crippen molar-refractivity contribution in [2.45, 2.75) is 32.3 Å². The van der Waals surface area contributed by atoms with Gasteiger partial charge in [0.2, 0.25) is 0 Å². The van der Waals surface area contributed by atoms with Crippen molar-refractivity contribution >= 4 is 0 Å². The molecule has 1 nitrogen and oxygen atoms in total. The molecule has 0 bridgehead atoms. The third kappa shape index (κ3) is 2.46. The molecule has 2 aromatic rings. The van der Waals surface area contributed by atoms with Crippen molar-refractivity contribution in [3.8, 4) is 0 Å². The summed E-state index contributed by atoms with van der Waals surface area (Å²) in [5.41, 5.74) is 2.21. The molecule has 2 aromatic carbocycles. The van der Waals surface area contributed by atoms with Crippen LogP contribution in [0.4, 0.5) is 0 Å². The molecule has 2 rings (SSSR count). The van der Waals surface area contributed by atoms with Crippen molar-refractivity contribution in [3.05, 3.63) is 71.3 Å². The summed E-state index contributed by atoms with van der Waals surface area (Å²) in [5.74, 6) is 0.515. The molecule has 94 valence electrons. The van der Waals surface area contributed by atoms with Crippen molar-refractivity contribution in [1.82, 2.24) is 0 Å². The molecule has 0 heterocycles. The van der Waals surface area contributed by atoms with E-state index >= 15 is 0 Å². The molecule has 1 heteroatoms. The Morgan fingerprint density at radius 3 is 1.83 bits per heavy atom. The molecule has 0 aliphatic heterocycles. The number of aliphatic hydroxyl groups is 1. The Kier molecular flexibility index (Phi) is 3.53. The predicted octanol–water partition coefficient (Wildman–Crippen LogP) is 4.07. The SMILES string of the molecule is CC(C)c1ccc(C(C)(O)c2ccccc2)cc1. The second-order valence-corrected chi connectivity index (χ2v) is 5.21. The van der Waals surface area contributed by atoms with E-state index < -0.39 is 5.60 Å². The monoisotopic (exact) mass is 240 g/mol. The van der Waals surface area contributed by atoms with Crippen LogP contribution in [-0.2, 0) is 5.60 Å². The van der Waals surface area contributed by atoms with Gasteiger partial charge in [-0.05, 0) is 29.5 Å². The van der Waals surface area contributed by atoms with Crippen LogP contribution >= 0.6 is 0 Å². The molecule has 1 unspecified atom stereocenters. The van der Waals surface area contributed by atoms with Crippen LogP contribution < -0.4 is 0 Å². The van der Waals surface area contributed by atoms with Gasteiger partial charge in [-0.15, -0.1) is 0 Å². The van der Waals surface area contributed by atoms with Crippen molar-refractivity contribution in [3.63, 3.8) is 0 Å². The molecule has 0 fully saturated rings. The third-order valence-corrected chi connectivity index (χ3v) is 3.48. The summed E-state index contributed by atoms with van der Waals surface area (Å²) in [7, 11) is 0. The highest BCUT2D eigenvalue weighted by Gasteiger charge is 2.25. The van der Waals surface area contributed by atoms with Crippen molar-refractivity contribution in [1.29, 1.82) is 0 Å². The van der Waals surface area contributed by atoms with Crippen LogP contribution in [-0.4, -0.2) is 5.11 Å². The Labute approximate surface area is 109 Å². The van der Waals surface area contributed by atoms with E-state index in [0.29, 0.717) is 5.92 Å². The summed E-state index contributed by atoms with van der Waals surface area (Å²) in [6.45, 7) is 6.18. The van der Waals surface area contributed by atoms with Gasteiger partial charge in [-0.25, -0.2) is 0 Å². The predicted molar refractivity (Wildman–Crippen MR) is 75.6 cm³/mol. The van der Waals surface area contributed by atoms with E-state index in [1.807, 2.05) is 49.4 Å². The summed E-state index contributed by atoms with van der Waals surface area (Å²) >= 11 is 0. The van der Waals surface area contributed by atoms with Crippen molar-refractivity contribution in [2.24, 2.45) is 0 Å². The molecule has 0 amide bonds. The first kappa shape index (κ1) is 12.8. The van der Waals surface area contributed by atoms with Crippen LogP contribution in [0.15, 0.2) is 54.6 Å². The maximum absolute atomic E-state index is 10.7. The molecule has 18 heavy (non-hydrogen) atoms. The lowest BCUT2D eigenvalue weighted by atomic mass is 9.87. The second kappa shape index (κ2) is 4.95. The minimum atomic E-state index is -0.934. The normalized spacial score (nSPS) is 14.5. The van der Waals surface area contributed by atoms with Crippen LogP contribution in [0.1, 0.15) is 43.4 Å². The van der Waals surface area contributed by atoms with Crippen LogP contribution in [0.25, 0.3) is 0 Å². The summed E-state index contributed by atoms with van der Waals surface area (Å²) in [5, 5.41) is 10.7. The zero-order valence-corrected chi connectivity index (χ0v) is 11.2. The lowest BCUT2D eigenvalue weighted by Crippen LogP contribution is -2.22. The first-order chi connectivity index (χ1) is 8.51. The lowest BCUT2D eigenvalue weighted by molar-refractivity contribution is 0.102. The van der Waals surface area contributed by atoms with Gasteiger partial charge in [-0.2, -0.15) is 0 Å². The average Bonchev–Trinajstić information content (AvgIpc) is 2.40. The van der Waals surface area contributed by atoms with Crippen LogP contribution in [0.5, 0.6) is 0 Å². The molecule has 1 atom stereocenters. The highest BCUT2D eigenvalue weighted by atomic mass is 16.3. The van der Waals surface area contributed by atoms with Gasteiger partial charge in [-0.3, -0.25) is 0 Å². The topological polar surface area (TPSA) is 20.2 Å². The summed E-state index contributed by atoms with van der Waals surface area (Å²) in [4.78, 5) is 0. The lowest BCUT2D eigenvalue weighted by Gasteiger charge is -2.25. The van der Waals surface area contributed by atoms with Crippen molar-refractivity contribution < 1.29 is 5.11 Å². The Balaban J connectivity index is 2.36. The van der Waals surface area contributed by atoms with Gasteiger partial charge in [0.1, 0.15) is 5.60 Å². The first-order valence-corrected chi connectivity index (χ1v) is 6.40. The summed E-state index contributed by atoms with van der Waals surface area (Å²) in [6, 6.07) is 18.0. The molecule has 0 spiro atoms. The van der Waals surface area contributed by atoms with Crippen LogP contribution in [0, 0.1) is 0 Å². The van der Waals surface area contributed by atoms with Gasteiger partial charge in [0.05, 0.1) is 0 Å². The number of benzene rings is 2. The second-order valence-electron chi connectivity index (χ2n) is 5.21. The van der Waals surface area contributed by atoms with E-state index in [0.717, 1.165) is 11.1 Å². The van der Waals surface area contributed by atoms with E-state index in [9.17, 15) is 5.11 Å². The number of rotatable bonds is 3. The third-order valence-electron chi connectivity index (χ3n) is 3.48. The Hall–Kier alpha value is -1.60. The molecule has 0 radical (unpaired) electrons. The average molecular weight is 240 g/mol. The van der Waals surface area contributed by atoms with Gasteiger partial charge in [0, 0.05) is 0 Å². The molecule has 0 aromatic heterocycles. The smallest absolute Gasteiger partial charge is 0.112 e. The quantitative estimate of drug-likeness (QED) is 0.857. The van der Waals surface area contributed by atoms with E-state index in [1.54, 1.807) is 0 Å².